The zero-order valence-electron chi connectivity index (χ0n) is 13.5. The Balaban J connectivity index is 1.58. The fourth-order valence-electron chi connectivity index (χ4n) is 2.83. The maximum absolute atomic E-state index is 12.5. The van der Waals surface area contributed by atoms with Gasteiger partial charge < -0.3 is 9.80 Å². The number of aryl methyl sites for hydroxylation is 1. The Labute approximate surface area is 152 Å². The zero-order chi connectivity index (χ0) is 17.1. The summed E-state index contributed by atoms with van der Waals surface area (Å²) < 4.78 is 0. The number of piperazine rings is 1. The second kappa shape index (κ2) is 7.41. The number of hydrogen-bond acceptors (Lipinski definition) is 3. The maximum Gasteiger partial charge on any atom is 0.227 e. The van der Waals surface area contributed by atoms with E-state index in [1.165, 1.54) is 0 Å². The fourth-order valence-corrected chi connectivity index (χ4v) is 3.15. The van der Waals surface area contributed by atoms with Crippen molar-refractivity contribution in [2.24, 2.45) is 0 Å². The SMILES string of the molecule is Cc1cccc(N2CCN(C(=O)Cc3ccc(Cl)c(Cl)c3)CC2)n1. The van der Waals surface area contributed by atoms with Gasteiger partial charge in [-0.1, -0.05) is 35.3 Å². The third kappa shape index (κ3) is 4.00. The van der Waals surface area contributed by atoms with Crippen LogP contribution in [0.2, 0.25) is 10.0 Å². The van der Waals surface area contributed by atoms with Gasteiger partial charge >= 0.3 is 0 Å². The lowest BCUT2D eigenvalue weighted by Gasteiger charge is -2.35. The number of pyridine rings is 1. The van der Waals surface area contributed by atoms with Crippen LogP contribution in [0.5, 0.6) is 0 Å². The summed E-state index contributed by atoms with van der Waals surface area (Å²) in [5, 5.41) is 0.990. The van der Waals surface area contributed by atoms with E-state index < -0.39 is 0 Å². The minimum Gasteiger partial charge on any atom is -0.353 e. The normalized spacial score (nSPS) is 14.8. The van der Waals surface area contributed by atoms with Crippen LogP contribution < -0.4 is 4.90 Å². The van der Waals surface area contributed by atoms with Crippen molar-refractivity contribution in [3.63, 3.8) is 0 Å². The van der Waals surface area contributed by atoms with Crippen LogP contribution in [0.4, 0.5) is 5.82 Å². The van der Waals surface area contributed by atoms with E-state index in [0.717, 1.165) is 30.2 Å². The summed E-state index contributed by atoms with van der Waals surface area (Å²) in [6, 6.07) is 11.3. The van der Waals surface area contributed by atoms with Crippen LogP contribution in [0.25, 0.3) is 0 Å². The van der Waals surface area contributed by atoms with Gasteiger partial charge in [-0.2, -0.15) is 0 Å². The summed E-state index contributed by atoms with van der Waals surface area (Å²) in [5.41, 5.74) is 1.89. The molecule has 1 saturated heterocycles. The molecule has 2 aromatic rings. The van der Waals surface area contributed by atoms with Gasteiger partial charge in [-0.3, -0.25) is 4.79 Å². The van der Waals surface area contributed by atoms with Crippen LogP contribution in [-0.2, 0) is 11.2 Å². The molecule has 0 atom stereocenters. The first-order chi connectivity index (χ1) is 11.5. The largest absolute Gasteiger partial charge is 0.353 e. The lowest BCUT2D eigenvalue weighted by atomic mass is 10.1. The minimum absolute atomic E-state index is 0.116. The molecule has 0 aliphatic carbocycles. The predicted molar refractivity (Wildman–Crippen MR) is 97.9 cm³/mol. The van der Waals surface area contributed by atoms with Crippen molar-refractivity contribution in [1.82, 2.24) is 9.88 Å². The quantitative estimate of drug-likeness (QED) is 0.835. The number of anilines is 1. The van der Waals surface area contributed by atoms with Gasteiger partial charge in [-0.15, -0.1) is 0 Å². The van der Waals surface area contributed by atoms with Crippen molar-refractivity contribution in [1.29, 1.82) is 0 Å². The molecular weight excluding hydrogens is 345 g/mol. The van der Waals surface area contributed by atoms with Crippen LogP contribution >= 0.6 is 23.2 Å². The molecule has 0 unspecified atom stereocenters. The second-order valence-corrected chi connectivity index (χ2v) is 6.74. The number of halogens is 2. The molecule has 24 heavy (non-hydrogen) atoms. The van der Waals surface area contributed by atoms with Gasteiger partial charge in [-0.05, 0) is 36.8 Å². The average molecular weight is 364 g/mol. The van der Waals surface area contributed by atoms with E-state index >= 15 is 0 Å². The Morgan fingerprint density at radius 1 is 1.08 bits per heavy atom. The molecule has 1 aliphatic rings. The molecule has 1 aromatic heterocycles. The smallest absolute Gasteiger partial charge is 0.227 e. The lowest BCUT2D eigenvalue weighted by Crippen LogP contribution is -2.49. The summed E-state index contributed by atoms with van der Waals surface area (Å²) in [6.07, 6.45) is 0.347. The van der Waals surface area contributed by atoms with E-state index in [1.807, 2.05) is 36.1 Å². The Morgan fingerprint density at radius 3 is 2.50 bits per heavy atom. The Hall–Kier alpha value is -1.78. The number of amides is 1. The van der Waals surface area contributed by atoms with Gasteiger partial charge in [0.25, 0.3) is 0 Å². The number of hydrogen-bond donors (Lipinski definition) is 0. The Morgan fingerprint density at radius 2 is 1.83 bits per heavy atom. The number of carbonyl (C=O) groups excluding carboxylic acids is 1. The molecule has 0 spiro atoms. The van der Waals surface area contributed by atoms with Crippen LogP contribution in [0.15, 0.2) is 36.4 Å². The second-order valence-electron chi connectivity index (χ2n) is 5.93. The van der Waals surface area contributed by atoms with Crippen LogP contribution in [0.3, 0.4) is 0 Å². The minimum atomic E-state index is 0.116. The summed E-state index contributed by atoms with van der Waals surface area (Å²) in [4.78, 5) is 21.1. The molecule has 2 heterocycles. The van der Waals surface area contributed by atoms with Crippen molar-refractivity contribution >= 4 is 34.9 Å². The van der Waals surface area contributed by atoms with Crippen LogP contribution in [-0.4, -0.2) is 42.0 Å². The van der Waals surface area contributed by atoms with E-state index in [9.17, 15) is 4.79 Å². The highest BCUT2D eigenvalue weighted by molar-refractivity contribution is 6.42. The first-order valence-electron chi connectivity index (χ1n) is 7.93. The summed E-state index contributed by atoms with van der Waals surface area (Å²) in [6.45, 7) is 4.99. The predicted octanol–water partition coefficient (Wildman–Crippen LogP) is 3.59. The van der Waals surface area contributed by atoms with Crippen molar-refractivity contribution in [2.75, 3.05) is 31.1 Å². The van der Waals surface area contributed by atoms with Gasteiger partial charge in [0.1, 0.15) is 5.82 Å². The van der Waals surface area contributed by atoms with Crippen LogP contribution in [0, 0.1) is 6.92 Å². The van der Waals surface area contributed by atoms with Crippen molar-refractivity contribution in [3.05, 3.63) is 57.7 Å². The summed E-state index contributed by atoms with van der Waals surface area (Å²) in [7, 11) is 0. The number of aromatic nitrogens is 1. The van der Waals surface area contributed by atoms with Crippen LogP contribution in [0.1, 0.15) is 11.3 Å². The number of benzene rings is 1. The third-order valence-electron chi connectivity index (χ3n) is 4.17. The third-order valence-corrected chi connectivity index (χ3v) is 4.91. The Kier molecular flexibility index (Phi) is 5.27. The highest BCUT2D eigenvalue weighted by atomic mass is 35.5. The summed E-state index contributed by atoms with van der Waals surface area (Å²) >= 11 is 11.9. The molecule has 6 heteroatoms. The number of carbonyl (C=O) groups is 1. The average Bonchev–Trinajstić information content (AvgIpc) is 2.58. The van der Waals surface area contributed by atoms with Crippen molar-refractivity contribution in [2.45, 2.75) is 13.3 Å². The topological polar surface area (TPSA) is 36.4 Å². The zero-order valence-corrected chi connectivity index (χ0v) is 15.0. The van der Waals surface area contributed by atoms with E-state index in [-0.39, 0.29) is 5.91 Å². The molecular formula is C18H19Cl2N3O. The lowest BCUT2D eigenvalue weighted by molar-refractivity contribution is -0.130. The first kappa shape index (κ1) is 17.1. The highest BCUT2D eigenvalue weighted by Crippen LogP contribution is 2.23. The molecule has 3 rings (SSSR count). The maximum atomic E-state index is 12.5. The summed E-state index contributed by atoms with van der Waals surface area (Å²) in [5.74, 6) is 1.09. The standard InChI is InChI=1S/C18H19Cl2N3O/c1-13-3-2-4-17(21-13)22-7-9-23(10-8-22)18(24)12-14-5-6-15(19)16(20)11-14/h2-6,11H,7-10,12H2,1H3. The monoisotopic (exact) mass is 363 g/mol. The fraction of sp³-hybridized carbons (Fsp3) is 0.333. The Bertz CT molecular complexity index is 743. The molecule has 126 valence electrons. The van der Waals surface area contributed by atoms with Gasteiger partial charge in [0, 0.05) is 31.9 Å². The molecule has 4 nitrogen and oxygen atoms in total. The molecule has 0 saturated carbocycles. The molecule has 0 bridgehead atoms. The number of nitrogens with zero attached hydrogens (tertiary/aromatic N) is 3. The molecule has 1 aliphatic heterocycles. The van der Waals surface area contributed by atoms with E-state index in [2.05, 4.69) is 9.88 Å². The van der Waals surface area contributed by atoms with E-state index in [4.69, 9.17) is 23.2 Å². The molecule has 1 amide bonds. The molecule has 0 radical (unpaired) electrons. The molecule has 1 aromatic carbocycles. The van der Waals surface area contributed by atoms with E-state index in [0.29, 0.717) is 29.6 Å². The molecule has 1 fully saturated rings. The van der Waals surface area contributed by atoms with Crippen molar-refractivity contribution in [3.8, 4) is 0 Å². The van der Waals surface area contributed by atoms with Gasteiger partial charge in [-0.25, -0.2) is 4.98 Å². The van der Waals surface area contributed by atoms with Gasteiger partial charge in [0.15, 0.2) is 0 Å². The van der Waals surface area contributed by atoms with E-state index in [1.54, 1.807) is 12.1 Å². The highest BCUT2D eigenvalue weighted by Gasteiger charge is 2.22. The molecule has 0 N–H and O–H groups in total. The van der Waals surface area contributed by atoms with Gasteiger partial charge in [0.05, 0.1) is 16.5 Å². The first-order valence-corrected chi connectivity index (χ1v) is 8.69. The van der Waals surface area contributed by atoms with Gasteiger partial charge in [0.2, 0.25) is 5.91 Å². The van der Waals surface area contributed by atoms with Crippen molar-refractivity contribution < 1.29 is 4.79 Å². The number of rotatable bonds is 3.